The summed E-state index contributed by atoms with van der Waals surface area (Å²) in [7, 11) is 3.29. The molecule has 0 aliphatic heterocycles. The van der Waals surface area contributed by atoms with Crippen molar-refractivity contribution in [1.82, 2.24) is 0 Å². The van der Waals surface area contributed by atoms with E-state index < -0.39 is 0 Å². The van der Waals surface area contributed by atoms with Crippen LogP contribution in [-0.2, 0) is 32.7 Å². The molecular weight excluding hydrogens is 177 g/mol. The van der Waals surface area contributed by atoms with E-state index in [0.717, 1.165) is 0 Å². The summed E-state index contributed by atoms with van der Waals surface area (Å²) < 4.78 is 0. The zero-order chi connectivity index (χ0) is 5.70. The molecule has 0 aromatic carbocycles. The third kappa shape index (κ3) is 4.47. The Morgan fingerprint density at radius 1 is 1.75 bits per heavy atom. The fourth-order valence-corrected chi connectivity index (χ4v) is 0.249. The molecule has 2 nitrogen and oxygen atoms in total. The van der Waals surface area contributed by atoms with Crippen LogP contribution in [0.4, 0.5) is 0 Å². The van der Waals surface area contributed by atoms with Gasteiger partial charge in [0.15, 0.2) is 0 Å². The van der Waals surface area contributed by atoms with E-state index in [1.165, 1.54) is 6.08 Å². The first kappa shape index (κ1) is 11.2. The number of hydrogen-bond donors (Lipinski definition) is 0. The monoisotopic (exact) mass is 185 g/mol. The molecule has 0 rings (SSSR count). The molecule has 0 aliphatic rings. The van der Waals surface area contributed by atoms with Gasteiger partial charge in [0.25, 0.3) is 0 Å². The second kappa shape index (κ2) is 7.31. The summed E-state index contributed by atoms with van der Waals surface area (Å²) in [4.78, 5) is 3.69. The fourth-order valence-electron chi connectivity index (χ4n) is 0.249. The molecule has 0 amide bonds. The summed E-state index contributed by atoms with van der Waals surface area (Å²) >= 11 is 0. The third-order valence-electron chi connectivity index (χ3n) is 0.607. The summed E-state index contributed by atoms with van der Waals surface area (Å²) in [5, 5.41) is 3.69. The molecule has 43 valence electrons. The van der Waals surface area contributed by atoms with Crippen LogP contribution < -0.4 is 0 Å². The van der Waals surface area contributed by atoms with Crippen molar-refractivity contribution in [3.05, 3.63) is 18.0 Å². The molecule has 0 heterocycles. The zero-order valence-electron chi connectivity index (χ0n) is 5.13. The van der Waals surface area contributed by atoms with Crippen molar-refractivity contribution in [3.8, 4) is 0 Å². The average Bonchev–Trinajstić information content (AvgIpc) is 1.72. The Hall–Kier alpha value is 0.314. The smallest absolute Gasteiger partial charge is 0 e. The minimum Gasteiger partial charge on any atom is -0.562 e. The van der Waals surface area contributed by atoms with Gasteiger partial charge in [0.05, 0.1) is 0 Å². The Morgan fingerprint density at radius 2 is 2.25 bits per heavy atom. The van der Waals surface area contributed by atoms with Gasteiger partial charge in [-0.15, -0.1) is 0 Å². The van der Waals surface area contributed by atoms with E-state index in [0.29, 0.717) is 5.84 Å². The summed E-state index contributed by atoms with van der Waals surface area (Å²) in [6, 6.07) is 0. The standard InChI is InChI=1S/C5H8N2.Y/c1-4-5(6-2)7-3;/h1,4H,2-3H3;/q-2;. The van der Waals surface area contributed by atoms with Gasteiger partial charge in [-0.3, -0.25) is 6.58 Å². The molecule has 0 bridgehead atoms. The largest absolute Gasteiger partial charge is 0.562 e. The van der Waals surface area contributed by atoms with Gasteiger partial charge in [0.1, 0.15) is 0 Å². The number of likely N-dealkylation sites (N-methyl/N-ethyl adjacent to an activating group) is 1. The van der Waals surface area contributed by atoms with Crippen LogP contribution >= 0.6 is 0 Å². The van der Waals surface area contributed by atoms with Crippen LogP contribution in [0.2, 0.25) is 0 Å². The van der Waals surface area contributed by atoms with E-state index >= 15 is 0 Å². The molecule has 3 heteroatoms. The van der Waals surface area contributed by atoms with Gasteiger partial charge in [-0.1, -0.05) is 14.1 Å². The molecule has 0 spiro atoms. The summed E-state index contributed by atoms with van der Waals surface area (Å²) in [5.74, 6) is 0.583. The molecule has 0 aromatic rings. The molecular formula is C5H8N2Y-2. The number of nitrogens with zero attached hydrogens (tertiary/aromatic N) is 2. The van der Waals surface area contributed by atoms with Crippen molar-refractivity contribution in [2.45, 2.75) is 0 Å². The van der Waals surface area contributed by atoms with E-state index in [-0.39, 0.29) is 32.7 Å². The van der Waals surface area contributed by atoms with E-state index in [4.69, 9.17) is 6.58 Å². The van der Waals surface area contributed by atoms with Crippen molar-refractivity contribution >= 4 is 5.84 Å². The Morgan fingerprint density at radius 3 is 2.25 bits per heavy atom. The van der Waals surface area contributed by atoms with Crippen molar-refractivity contribution < 1.29 is 32.7 Å². The predicted octanol–water partition coefficient (Wildman–Crippen LogP) is 1.00. The second-order valence-electron chi connectivity index (χ2n) is 0.972. The van der Waals surface area contributed by atoms with Crippen LogP contribution in [0.1, 0.15) is 0 Å². The third-order valence-corrected chi connectivity index (χ3v) is 0.607. The topological polar surface area (TPSA) is 26.5 Å². The Bertz CT molecular complexity index is 88.4. The Labute approximate surface area is 75.3 Å². The molecule has 0 atom stereocenters. The van der Waals surface area contributed by atoms with Crippen LogP contribution in [0.3, 0.4) is 0 Å². The molecule has 0 aromatic heterocycles. The minimum absolute atomic E-state index is 0. The summed E-state index contributed by atoms with van der Waals surface area (Å²) in [6.07, 6.45) is 1.36. The first-order chi connectivity index (χ1) is 3.35. The Kier molecular flexibility index (Phi) is 10.2. The maximum Gasteiger partial charge on any atom is 0 e. The van der Waals surface area contributed by atoms with Gasteiger partial charge in [-0.25, -0.2) is 11.9 Å². The van der Waals surface area contributed by atoms with Gasteiger partial charge in [0.2, 0.25) is 0 Å². The maximum atomic E-state index is 5.04. The van der Waals surface area contributed by atoms with Gasteiger partial charge in [-0.2, -0.15) is 0 Å². The maximum absolute atomic E-state index is 5.04. The van der Waals surface area contributed by atoms with Crippen molar-refractivity contribution in [2.24, 2.45) is 4.99 Å². The Balaban J connectivity index is 0. The van der Waals surface area contributed by atoms with Crippen LogP contribution in [0.25, 0.3) is 5.32 Å². The quantitative estimate of drug-likeness (QED) is 0.331. The number of aliphatic imine (C=N–C) groups is 1. The van der Waals surface area contributed by atoms with E-state index in [9.17, 15) is 0 Å². The van der Waals surface area contributed by atoms with Crippen molar-refractivity contribution in [3.63, 3.8) is 0 Å². The molecule has 0 fully saturated rings. The van der Waals surface area contributed by atoms with Crippen LogP contribution in [0.15, 0.2) is 11.1 Å². The van der Waals surface area contributed by atoms with Crippen molar-refractivity contribution in [2.75, 3.05) is 14.1 Å². The molecule has 0 unspecified atom stereocenters. The minimum atomic E-state index is 0. The van der Waals surface area contributed by atoms with Gasteiger partial charge >= 0.3 is 0 Å². The molecule has 0 saturated heterocycles. The molecule has 8 heavy (non-hydrogen) atoms. The predicted molar refractivity (Wildman–Crippen MR) is 31.5 cm³/mol. The normalized spacial score (nSPS) is 9.50. The van der Waals surface area contributed by atoms with E-state index in [1.54, 1.807) is 14.1 Å². The van der Waals surface area contributed by atoms with E-state index in [2.05, 4.69) is 10.3 Å². The van der Waals surface area contributed by atoms with Crippen LogP contribution in [-0.4, -0.2) is 19.9 Å². The summed E-state index contributed by atoms with van der Waals surface area (Å²) in [5.41, 5.74) is 0. The number of amidine groups is 1. The fraction of sp³-hybridized carbons (Fsp3) is 0.400. The second-order valence-corrected chi connectivity index (χ2v) is 0.972. The zero-order valence-corrected chi connectivity index (χ0v) is 7.96. The first-order valence-electron chi connectivity index (χ1n) is 1.96. The number of hydrogen-bond acceptors (Lipinski definition) is 1. The molecule has 0 aliphatic carbocycles. The van der Waals surface area contributed by atoms with Gasteiger partial charge in [0, 0.05) is 32.7 Å². The van der Waals surface area contributed by atoms with Crippen LogP contribution in [0, 0.1) is 6.58 Å². The first-order valence-corrected chi connectivity index (χ1v) is 1.96. The SMILES string of the molecule is [CH-]=CC(=NC)[N-]C.[Y]. The van der Waals surface area contributed by atoms with Crippen LogP contribution in [0.5, 0.6) is 0 Å². The summed E-state index contributed by atoms with van der Waals surface area (Å²) in [6.45, 7) is 5.04. The molecule has 1 radical (unpaired) electrons. The number of rotatable bonds is 1. The van der Waals surface area contributed by atoms with Gasteiger partial charge in [-0.05, 0) is 0 Å². The van der Waals surface area contributed by atoms with Gasteiger partial charge < -0.3 is 10.3 Å². The van der Waals surface area contributed by atoms with E-state index in [1.807, 2.05) is 0 Å². The molecule has 0 saturated carbocycles. The molecule has 0 N–H and O–H groups in total. The average molecular weight is 185 g/mol. The van der Waals surface area contributed by atoms with Crippen molar-refractivity contribution in [1.29, 1.82) is 0 Å².